The van der Waals surface area contributed by atoms with Crippen molar-refractivity contribution in [2.75, 3.05) is 0 Å². The van der Waals surface area contributed by atoms with E-state index in [2.05, 4.69) is 19.2 Å². The Kier molecular flexibility index (Phi) is 2.91. The van der Waals surface area contributed by atoms with E-state index in [4.69, 9.17) is 5.73 Å². The maximum atomic E-state index is 11.8. The zero-order valence-corrected chi connectivity index (χ0v) is 9.68. The Balaban J connectivity index is 2.55. The summed E-state index contributed by atoms with van der Waals surface area (Å²) in [5, 5.41) is 3.05. The maximum Gasteiger partial charge on any atom is 0.240 e. The Morgan fingerprint density at radius 3 is 2.29 bits per heavy atom. The Morgan fingerprint density at radius 2 is 1.93 bits per heavy atom. The molecule has 1 unspecified atom stereocenters. The van der Waals surface area contributed by atoms with Crippen molar-refractivity contribution in [1.29, 1.82) is 0 Å². The van der Waals surface area contributed by atoms with Gasteiger partial charge in [0.05, 0.1) is 5.54 Å². The van der Waals surface area contributed by atoms with Crippen LogP contribution < -0.4 is 11.1 Å². The number of nitrogens with two attached hydrogens (primary N) is 1. The smallest absolute Gasteiger partial charge is 0.240 e. The molecular weight excluding hydrogens is 176 g/mol. The minimum atomic E-state index is -0.730. The molecule has 0 saturated heterocycles. The van der Waals surface area contributed by atoms with Gasteiger partial charge in [-0.1, -0.05) is 6.92 Å². The molecule has 0 heterocycles. The van der Waals surface area contributed by atoms with Crippen LogP contribution in [-0.4, -0.2) is 17.0 Å². The van der Waals surface area contributed by atoms with Crippen molar-refractivity contribution in [3.63, 3.8) is 0 Å². The Morgan fingerprint density at radius 1 is 1.43 bits per heavy atom. The van der Waals surface area contributed by atoms with E-state index in [-0.39, 0.29) is 11.4 Å². The molecule has 14 heavy (non-hydrogen) atoms. The summed E-state index contributed by atoms with van der Waals surface area (Å²) in [6.45, 7) is 7.87. The quantitative estimate of drug-likeness (QED) is 0.717. The lowest BCUT2D eigenvalue weighted by Gasteiger charge is -2.31. The topological polar surface area (TPSA) is 55.1 Å². The van der Waals surface area contributed by atoms with E-state index < -0.39 is 5.54 Å². The average Bonchev–Trinajstić information content (AvgIpc) is 2.85. The minimum Gasteiger partial charge on any atom is -0.349 e. The van der Waals surface area contributed by atoms with Crippen LogP contribution in [-0.2, 0) is 4.79 Å². The van der Waals surface area contributed by atoms with Crippen LogP contribution in [0, 0.1) is 5.92 Å². The number of hydrogen-bond donors (Lipinski definition) is 2. The van der Waals surface area contributed by atoms with Crippen molar-refractivity contribution >= 4 is 5.91 Å². The van der Waals surface area contributed by atoms with Crippen LogP contribution in [0.1, 0.15) is 47.0 Å². The van der Waals surface area contributed by atoms with Crippen LogP contribution in [0.5, 0.6) is 0 Å². The van der Waals surface area contributed by atoms with E-state index in [0.717, 1.165) is 0 Å². The van der Waals surface area contributed by atoms with E-state index in [1.54, 1.807) is 6.92 Å². The minimum absolute atomic E-state index is 0.0306. The molecule has 3 nitrogen and oxygen atoms in total. The molecule has 1 rings (SSSR count). The Hall–Kier alpha value is -0.570. The van der Waals surface area contributed by atoms with Crippen LogP contribution in [0.15, 0.2) is 0 Å². The second-order valence-corrected chi connectivity index (χ2v) is 5.22. The standard InChI is InChI=1S/C11H22N2O/c1-5-11(4,12)9(14)13-10(2,3)8-6-7-8/h8H,5-7,12H2,1-4H3,(H,13,14). The van der Waals surface area contributed by atoms with Crippen molar-refractivity contribution in [2.24, 2.45) is 11.7 Å². The van der Waals surface area contributed by atoms with E-state index in [1.165, 1.54) is 12.8 Å². The lowest BCUT2D eigenvalue weighted by Crippen LogP contribution is -2.57. The first kappa shape index (κ1) is 11.5. The first-order valence-corrected chi connectivity index (χ1v) is 5.41. The second-order valence-electron chi connectivity index (χ2n) is 5.22. The molecule has 3 heteroatoms. The largest absolute Gasteiger partial charge is 0.349 e. The molecule has 0 aromatic rings. The van der Waals surface area contributed by atoms with Crippen LogP contribution in [0.3, 0.4) is 0 Å². The van der Waals surface area contributed by atoms with E-state index in [9.17, 15) is 4.79 Å². The van der Waals surface area contributed by atoms with Gasteiger partial charge in [0.1, 0.15) is 0 Å². The molecule has 1 aliphatic rings. The van der Waals surface area contributed by atoms with E-state index >= 15 is 0 Å². The van der Waals surface area contributed by atoms with Gasteiger partial charge in [-0.15, -0.1) is 0 Å². The number of hydrogen-bond acceptors (Lipinski definition) is 2. The third-order valence-corrected chi connectivity index (χ3v) is 3.29. The normalized spacial score (nSPS) is 21.5. The monoisotopic (exact) mass is 198 g/mol. The Labute approximate surface area is 86.4 Å². The van der Waals surface area contributed by atoms with Crippen LogP contribution >= 0.6 is 0 Å². The summed E-state index contributed by atoms with van der Waals surface area (Å²) in [4.78, 5) is 11.8. The fourth-order valence-electron chi connectivity index (χ4n) is 1.50. The Bertz CT molecular complexity index is 229. The van der Waals surface area contributed by atoms with Crippen molar-refractivity contribution in [2.45, 2.75) is 58.0 Å². The first-order chi connectivity index (χ1) is 6.29. The highest BCUT2D eigenvalue weighted by Gasteiger charge is 2.40. The summed E-state index contributed by atoms with van der Waals surface area (Å²) < 4.78 is 0. The molecule has 1 atom stereocenters. The lowest BCUT2D eigenvalue weighted by molar-refractivity contribution is -0.127. The van der Waals surface area contributed by atoms with Gasteiger partial charge >= 0.3 is 0 Å². The van der Waals surface area contributed by atoms with Gasteiger partial charge in [-0.2, -0.15) is 0 Å². The molecule has 1 fully saturated rings. The predicted molar refractivity (Wildman–Crippen MR) is 57.8 cm³/mol. The molecule has 82 valence electrons. The SMILES string of the molecule is CCC(C)(N)C(=O)NC(C)(C)C1CC1. The van der Waals surface area contributed by atoms with Gasteiger partial charge in [0.2, 0.25) is 5.91 Å². The van der Waals surface area contributed by atoms with Crippen LogP contribution in [0.4, 0.5) is 0 Å². The van der Waals surface area contributed by atoms with Crippen molar-refractivity contribution in [1.82, 2.24) is 5.32 Å². The highest BCUT2D eigenvalue weighted by atomic mass is 16.2. The molecule has 1 saturated carbocycles. The predicted octanol–water partition coefficient (Wildman–Crippen LogP) is 1.42. The number of rotatable bonds is 4. The summed E-state index contributed by atoms with van der Waals surface area (Å²) in [5.74, 6) is 0.607. The molecular formula is C11H22N2O. The van der Waals surface area contributed by atoms with Crippen LogP contribution in [0.25, 0.3) is 0 Å². The summed E-state index contributed by atoms with van der Waals surface area (Å²) in [6, 6.07) is 0. The molecule has 0 aliphatic heterocycles. The fourth-order valence-corrected chi connectivity index (χ4v) is 1.50. The van der Waals surface area contributed by atoms with Crippen molar-refractivity contribution in [3.05, 3.63) is 0 Å². The van der Waals surface area contributed by atoms with Crippen molar-refractivity contribution in [3.8, 4) is 0 Å². The summed E-state index contributed by atoms with van der Waals surface area (Å²) in [5.41, 5.74) is 5.05. The molecule has 0 aromatic heterocycles. The molecule has 1 amide bonds. The summed E-state index contributed by atoms with van der Waals surface area (Å²) >= 11 is 0. The van der Waals surface area contributed by atoms with Gasteiger partial charge < -0.3 is 11.1 Å². The number of amides is 1. The second kappa shape index (κ2) is 3.54. The van der Waals surface area contributed by atoms with Gasteiger partial charge in [-0.05, 0) is 46.0 Å². The third-order valence-electron chi connectivity index (χ3n) is 3.29. The number of nitrogens with one attached hydrogen (secondary N) is 1. The molecule has 1 aliphatic carbocycles. The van der Waals surface area contributed by atoms with E-state index in [0.29, 0.717) is 12.3 Å². The van der Waals surface area contributed by atoms with Gasteiger partial charge in [-0.3, -0.25) is 4.79 Å². The zero-order valence-electron chi connectivity index (χ0n) is 9.68. The molecule has 0 spiro atoms. The first-order valence-electron chi connectivity index (χ1n) is 5.41. The van der Waals surface area contributed by atoms with Gasteiger partial charge in [0.25, 0.3) is 0 Å². The maximum absolute atomic E-state index is 11.8. The molecule has 0 radical (unpaired) electrons. The lowest BCUT2D eigenvalue weighted by atomic mass is 9.94. The highest BCUT2D eigenvalue weighted by molar-refractivity contribution is 5.86. The number of carbonyl (C=O) groups excluding carboxylic acids is 1. The fraction of sp³-hybridized carbons (Fsp3) is 0.909. The molecule has 3 N–H and O–H groups in total. The zero-order chi connectivity index (χ0) is 11.0. The summed E-state index contributed by atoms with van der Waals surface area (Å²) in [6.07, 6.45) is 3.11. The summed E-state index contributed by atoms with van der Waals surface area (Å²) in [7, 11) is 0. The highest BCUT2D eigenvalue weighted by Crippen LogP contribution is 2.39. The van der Waals surface area contributed by atoms with Gasteiger partial charge in [-0.25, -0.2) is 0 Å². The van der Waals surface area contributed by atoms with Crippen molar-refractivity contribution < 1.29 is 4.79 Å². The molecule has 0 bridgehead atoms. The number of carbonyl (C=O) groups is 1. The van der Waals surface area contributed by atoms with Crippen LogP contribution in [0.2, 0.25) is 0 Å². The van der Waals surface area contributed by atoms with Gasteiger partial charge in [0, 0.05) is 5.54 Å². The average molecular weight is 198 g/mol. The van der Waals surface area contributed by atoms with E-state index in [1.807, 2.05) is 6.92 Å². The molecule has 0 aromatic carbocycles. The van der Waals surface area contributed by atoms with Gasteiger partial charge in [0.15, 0.2) is 0 Å². The third kappa shape index (κ3) is 2.47.